The first kappa shape index (κ1) is 16.9. The van der Waals surface area contributed by atoms with Crippen LogP contribution in [-0.2, 0) is 11.5 Å². The Morgan fingerprint density at radius 2 is 1.92 bits per heavy atom. The van der Waals surface area contributed by atoms with Gasteiger partial charge in [0.1, 0.15) is 12.5 Å². The molecule has 3 aromatic rings. The monoisotopic (exact) mass is 342 g/mol. The molecule has 0 aliphatic rings. The minimum atomic E-state index is -1.11. The van der Waals surface area contributed by atoms with Crippen LogP contribution < -0.4 is 0 Å². The van der Waals surface area contributed by atoms with E-state index in [0.717, 1.165) is 34.8 Å². The van der Waals surface area contributed by atoms with E-state index in [4.69, 9.17) is 4.74 Å². The number of nitrogens with zero attached hydrogens (tertiary/aromatic N) is 2. The Hall–Kier alpha value is -1.98. The van der Waals surface area contributed by atoms with Gasteiger partial charge in [-0.15, -0.1) is 0 Å². The van der Waals surface area contributed by atoms with Crippen molar-refractivity contribution in [2.45, 2.75) is 32.4 Å². The maximum atomic E-state index is 13.7. The van der Waals surface area contributed by atoms with Gasteiger partial charge in [-0.1, -0.05) is 50.0 Å². The summed E-state index contributed by atoms with van der Waals surface area (Å²) in [4.78, 5) is 4.30. The van der Waals surface area contributed by atoms with Crippen LogP contribution in [-0.4, -0.2) is 24.2 Å². The molecule has 0 saturated heterocycles. The van der Waals surface area contributed by atoms with Gasteiger partial charge in [-0.05, 0) is 11.6 Å². The molecule has 126 valence electrons. The van der Waals surface area contributed by atoms with Gasteiger partial charge in [0.2, 0.25) is 0 Å². The van der Waals surface area contributed by atoms with Crippen LogP contribution in [0.3, 0.4) is 0 Å². The Balaban J connectivity index is 1.89. The predicted molar refractivity (Wildman–Crippen MR) is 99.2 cm³/mol. The quantitative estimate of drug-likeness (QED) is 0.457. The molecule has 0 radical (unpaired) electrons. The lowest BCUT2D eigenvalue weighted by Gasteiger charge is -2.15. The lowest BCUT2D eigenvalue weighted by molar-refractivity contribution is 0.0902. The highest BCUT2D eigenvalue weighted by atomic mass is 28.3. The van der Waals surface area contributed by atoms with E-state index in [1.807, 2.05) is 41.1 Å². The van der Waals surface area contributed by atoms with E-state index in [1.54, 1.807) is 0 Å². The molecule has 24 heavy (non-hydrogen) atoms. The number of ether oxygens (including phenoxy) is 1. The maximum Gasteiger partial charge on any atom is 0.143 e. The van der Waals surface area contributed by atoms with E-state index < -0.39 is 8.07 Å². The van der Waals surface area contributed by atoms with E-state index >= 15 is 0 Å². The molecule has 0 aliphatic heterocycles. The molecule has 0 N–H and O–H groups in total. The van der Waals surface area contributed by atoms with E-state index in [-0.39, 0.29) is 5.82 Å². The second-order valence-electron chi connectivity index (χ2n) is 7.25. The third-order valence-corrected chi connectivity index (χ3v) is 5.70. The lowest BCUT2D eigenvalue weighted by atomic mass is 10.1. The van der Waals surface area contributed by atoms with Crippen LogP contribution in [0.15, 0.2) is 48.8 Å². The van der Waals surface area contributed by atoms with Crippen molar-refractivity contribution < 1.29 is 9.13 Å². The standard InChI is InChI=1S/C19H23FN2OSi/c1-24(2,3)10-9-23-14-22-13-17(15-7-5-4-6-8-15)19-18(22)11-16(20)12-21-19/h4-8,11-13H,9-10,14H2,1-3H3. The topological polar surface area (TPSA) is 27.1 Å². The highest BCUT2D eigenvalue weighted by molar-refractivity contribution is 6.76. The summed E-state index contributed by atoms with van der Waals surface area (Å²) in [7, 11) is -1.11. The van der Waals surface area contributed by atoms with Gasteiger partial charge in [-0.2, -0.15) is 0 Å². The molecule has 0 bridgehead atoms. The summed E-state index contributed by atoms with van der Waals surface area (Å²) in [6, 6.07) is 12.7. The Morgan fingerprint density at radius 3 is 2.62 bits per heavy atom. The van der Waals surface area contributed by atoms with Crippen molar-refractivity contribution >= 4 is 19.1 Å². The molecule has 0 atom stereocenters. The molecule has 2 heterocycles. The fourth-order valence-electron chi connectivity index (χ4n) is 2.62. The third-order valence-electron chi connectivity index (χ3n) is 4.00. The van der Waals surface area contributed by atoms with Gasteiger partial charge >= 0.3 is 0 Å². The van der Waals surface area contributed by atoms with E-state index in [9.17, 15) is 4.39 Å². The van der Waals surface area contributed by atoms with Crippen molar-refractivity contribution in [1.29, 1.82) is 0 Å². The van der Waals surface area contributed by atoms with Crippen molar-refractivity contribution in [2.24, 2.45) is 0 Å². The van der Waals surface area contributed by atoms with Gasteiger partial charge in [0.05, 0.1) is 17.2 Å². The summed E-state index contributed by atoms with van der Waals surface area (Å²) >= 11 is 0. The Kier molecular flexibility index (Phi) is 4.82. The SMILES string of the molecule is C[Si](C)(C)CCOCn1cc(-c2ccccc2)c2ncc(F)cc21. The molecule has 3 rings (SSSR count). The number of hydrogen-bond donors (Lipinski definition) is 0. The predicted octanol–water partition coefficient (Wildman–Crippen LogP) is 5.15. The first-order valence-corrected chi connectivity index (χ1v) is 11.9. The summed E-state index contributed by atoms with van der Waals surface area (Å²) in [5, 5.41) is 0. The zero-order chi connectivity index (χ0) is 17.2. The summed E-state index contributed by atoms with van der Waals surface area (Å²) < 4.78 is 21.4. The number of hydrogen-bond acceptors (Lipinski definition) is 2. The molecule has 3 nitrogen and oxygen atoms in total. The average Bonchev–Trinajstić information content (AvgIpc) is 2.89. The molecule has 0 unspecified atom stereocenters. The van der Waals surface area contributed by atoms with Gasteiger partial charge in [0.25, 0.3) is 0 Å². The largest absolute Gasteiger partial charge is 0.361 e. The Morgan fingerprint density at radius 1 is 1.17 bits per heavy atom. The number of aromatic nitrogens is 2. The molecular weight excluding hydrogens is 319 g/mol. The second kappa shape index (κ2) is 6.87. The Labute approximate surface area is 143 Å². The summed E-state index contributed by atoms with van der Waals surface area (Å²) in [5.41, 5.74) is 3.64. The van der Waals surface area contributed by atoms with Crippen LogP contribution in [0.5, 0.6) is 0 Å². The fourth-order valence-corrected chi connectivity index (χ4v) is 3.38. The highest BCUT2D eigenvalue weighted by Crippen LogP contribution is 2.29. The van der Waals surface area contributed by atoms with Gasteiger partial charge in [-0.3, -0.25) is 4.98 Å². The van der Waals surface area contributed by atoms with Gasteiger partial charge in [0.15, 0.2) is 0 Å². The van der Waals surface area contributed by atoms with E-state index in [2.05, 4.69) is 24.6 Å². The molecule has 0 aliphatic carbocycles. The minimum Gasteiger partial charge on any atom is -0.361 e. The van der Waals surface area contributed by atoms with Crippen LogP contribution in [0, 0.1) is 5.82 Å². The molecule has 1 aromatic carbocycles. The van der Waals surface area contributed by atoms with Crippen LogP contribution in [0.4, 0.5) is 4.39 Å². The number of halogens is 1. The zero-order valence-corrected chi connectivity index (χ0v) is 15.4. The highest BCUT2D eigenvalue weighted by Gasteiger charge is 2.14. The van der Waals surface area contributed by atoms with Gasteiger partial charge < -0.3 is 9.30 Å². The molecule has 5 heteroatoms. The van der Waals surface area contributed by atoms with Crippen molar-refractivity contribution in [1.82, 2.24) is 9.55 Å². The minimum absolute atomic E-state index is 0.330. The van der Waals surface area contributed by atoms with Crippen LogP contribution >= 0.6 is 0 Å². The molecule has 0 fully saturated rings. The third kappa shape index (κ3) is 3.91. The molecule has 0 spiro atoms. The number of fused-ring (bicyclic) bond motifs is 1. The summed E-state index contributed by atoms with van der Waals surface area (Å²) in [6.07, 6.45) is 3.27. The van der Waals surface area contributed by atoms with Crippen LogP contribution in [0.1, 0.15) is 0 Å². The number of benzene rings is 1. The first-order chi connectivity index (χ1) is 11.4. The summed E-state index contributed by atoms with van der Waals surface area (Å²) in [5.74, 6) is -0.330. The normalized spacial score (nSPS) is 12.0. The zero-order valence-electron chi connectivity index (χ0n) is 14.4. The van der Waals surface area contributed by atoms with Gasteiger partial charge in [0, 0.05) is 32.5 Å². The smallest absolute Gasteiger partial charge is 0.143 e. The van der Waals surface area contributed by atoms with Crippen molar-refractivity contribution in [3.05, 3.63) is 54.6 Å². The van der Waals surface area contributed by atoms with Crippen LogP contribution in [0.2, 0.25) is 25.7 Å². The molecular formula is C19H23FN2OSi. The number of pyridine rings is 1. The van der Waals surface area contributed by atoms with Crippen LogP contribution in [0.25, 0.3) is 22.2 Å². The summed E-state index contributed by atoms with van der Waals surface area (Å²) in [6.45, 7) is 8.13. The van der Waals surface area contributed by atoms with Crippen molar-refractivity contribution in [2.75, 3.05) is 6.61 Å². The Bertz CT molecular complexity index is 824. The maximum absolute atomic E-state index is 13.7. The van der Waals surface area contributed by atoms with Crippen molar-refractivity contribution in [3.63, 3.8) is 0 Å². The molecule has 0 amide bonds. The fraction of sp³-hybridized carbons (Fsp3) is 0.316. The van der Waals surface area contributed by atoms with Crippen molar-refractivity contribution in [3.8, 4) is 11.1 Å². The van der Waals surface area contributed by atoms with E-state index in [1.165, 1.54) is 12.3 Å². The first-order valence-electron chi connectivity index (χ1n) is 8.22. The lowest BCUT2D eigenvalue weighted by Crippen LogP contribution is -2.21. The van der Waals surface area contributed by atoms with E-state index in [0.29, 0.717) is 6.73 Å². The molecule has 2 aromatic heterocycles. The second-order valence-corrected chi connectivity index (χ2v) is 12.9. The number of rotatable bonds is 6. The average molecular weight is 342 g/mol. The molecule has 0 saturated carbocycles. The van der Waals surface area contributed by atoms with Gasteiger partial charge in [-0.25, -0.2) is 4.39 Å².